The van der Waals surface area contributed by atoms with Crippen LogP contribution in [0.3, 0.4) is 0 Å². The first-order valence-corrected chi connectivity index (χ1v) is 43.6. The van der Waals surface area contributed by atoms with Gasteiger partial charge in [0.15, 0.2) is 69.2 Å². The van der Waals surface area contributed by atoms with Gasteiger partial charge in [0.2, 0.25) is 29.5 Å². The molecule has 61 heteroatoms. The Bertz CT molecular complexity index is 3780. The summed E-state index contributed by atoms with van der Waals surface area (Å²) in [5, 5.41) is 352. The first kappa shape index (κ1) is 113. The molecular weight excluding hydrogens is 1880 g/mol. The first-order valence-electron chi connectivity index (χ1n) is 43.6. The van der Waals surface area contributed by atoms with Gasteiger partial charge in [0.1, 0.15) is 268 Å². The minimum absolute atomic E-state index is 0.850. The smallest absolute Gasteiger partial charge is 0.217 e. The highest BCUT2D eigenvalue weighted by atomic mass is 16.8. The topological polar surface area (TPSA) is 946 Å². The van der Waals surface area contributed by atoms with Crippen LogP contribution in [0.5, 0.6) is 0 Å². The second-order valence-corrected chi connectivity index (χ2v) is 34.6. The Balaban J connectivity index is 1.07. The molecule has 11 heterocycles. The van der Waals surface area contributed by atoms with Gasteiger partial charge in [0.25, 0.3) is 0 Å². The monoisotopic (exact) mass is 2010 g/mol. The van der Waals surface area contributed by atoms with Crippen molar-refractivity contribution in [3.05, 3.63) is 0 Å². The van der Waals surface area contributed by atoms with Crippen LogP contribution < -0.4 is 26.6 Å². The van der Waals surface area contributed by atoms with Gasteiger partial charge in [0, 0.05) is 34.6 Å². The van der Waals surface area contributed by atoms with E-state index in [-0.39, 0.29) is 0 Å². The van der Waals surface area contributed by atoms with E-state index in [1.807, 2.05) is 0 Å². The van der Waals surface area contributed by atoms with Crippen molar-refractivity contribution in [2.24, 2.45) is 0 Å². The van der Waals surface area contributed by atoms with Gasteiger partial charge in [-0.2, -0.15) is 0 Å². The summed E-state index contributed by atoms with van der Waals surface area (Å²) in [6.07, 6.45) is -112. The molecule has 0 unspecified atom stereocenters. The number of aliphatic hydroxyl groups excluding tert-OH is 30. The summed E-state index contributed by atoms with van der Waals surface area (Å²) in [4.78, 5) is 65.5. The second-order valence-electron chi connectivity index (χ2n) is 34.6. The largest absolute Gasteiger partial charge is 0.394 e. The lowest BCUT2D eigenvalue weighted by Gasteiger charge is -2.53. The molecule has 0 spiro atoms. The Kier molecular flexibility index (Phi) is 40.7. The zero-order chi connectivity index (χ0) is 101. The number of ether oxygens (including phenoxy) is 21. The van der Waals surface area contributed by atoms with E-state index < -0.39 is 440 Å². The number of aliphatic hydroxyl groups is 30. The molecular formula is C76H127N5O56. The fourth-order valence-electron chi connectivity index (χ4n) is 17.7. The minimum atomic E-state index is -2.90. The van der Waals surface area contributed by atoms with Gasteiger partial charge in [-0.15, -0.1) is 0 Å². The van der Waals surface area contributed by atoms with Crippen LogP contribution in [0.25, 0.3) is 0 Å². The summed E-state index contributed by atoms with van der Waals surface area (Å²) < 4.78 is 128. The van der Waals surface area contributed by atoms with Crippen molar-refractivity contribution in [1.82, 2.24) is 26.6 Å². The fraction of sp³-hybridized carbons (Fsp3) is 0.934. The molecule has 0 radical (unpaired) electrons. The van der Waals surface area contributed by atoms with Crippen LogP contribution in [0.1, 0.15) is 34.6 Å². The molecule has 11 rings (SSSR count). The lowest BCUT2D eigenvalue weighted by atomic mass is 9.93. The number of carbonyl (C=O) groups excluding carboxylic acids is 5. The summed E-state index contributed by atoms with van der Waals surface area (Å²) in [6.45, 7) is -8.78. The number of hydrogen-bond donors (Lipinski definition) is 35. The summed E-state index contributed by atoms with van der Waals surface area (Å²) in [7, 11) is 0. The lowest BCUT2D eigenvalue weighted by Crippen LogP contribution is -2.72. The summed E-state index contributed by atoms with van der Waals surface area (Å²) in [5.74, 6) is -5.00. The van der Waals surface area contributed by atoms with Crippen LogP contribution in [0.15, 0.2) is 0 Å². The molecule has 5 amide bonds. The van der Waals surface area contributed by atoms with E-state index in [9.17, 15) is 177 Å². The fourth-order valence-corrected chi connectivity index (χ4v) is 17.7. The van der Waals surface area contributed by atoms with E-state index in [2.05, 4.69) is 26.6 Å². The van der Waals surface area contributed by atoms with Crippen LogP contribution in [-0.4, -0.2) is 593 Å². The van der Waals surface area contributed by atoms with Crippen LogP contribution in [-0.2, 0) is 123 Å². The van der Waals surface area contributed by atoms with Crippen molar-refractivity contribution in [3.8, 4) is 0 Å². The minimum Gasteiger partial charge on any atom is -0.394 e. The molecule has 11 saturated heterocycles. The predicted octanol–water partition coefficient (Wildman–Crippen LogP) is -24.3. The summed E-state index contributed by atoms with van der Waals surface area (Å²) in [5.41, 5.74) is 0. The number of hydrogen-bond acceptors (Lipinski definition) is 56. The number of carbonyl (C=O) groups is 5. The molecule has 0 aromatic rings. The van der Waals surface area contributed by atoms with Crippen molar-refractivity contribution in [1.29, 1.82) is 0 Å². The van der Waals surface area contributed by atoms with Crippen molar-refractivity contribution in [2.45, 2.75) is 372 Å². The van der Waals surface area contributed by atoms with Gasteiger partial charge in [-0.05, 0) is 0 Å². The van der Waals surface area contributed by atoms with Gasteiger partial charge in [-0.3, -0.25) is 24.0 Å². The Hall–Kier alpha value is -4.69. The van der Waals surface area contributed by atoms with Crippen molar-refractivity contribution in [2.75, 3.05) is 72.7 Å². The van der Waals surface area contributed by atoms with E-state index in [0.717, 1.165) is 34.6 Å². The molecule has 61 nitrogen and oxygen atoms in total. The van der Waals surface area contributed by atoms with Gasteiger partial charge >= 0.3 is 0 Å². The van der Waals surface area contributed by atoms with Crippen LogP contribution in [0.4, 0.5) is 0 Å². The van der Waals surface area contributed by atoms with E-state index in [0.29, 0.717) is 0 Å². The maximum atomic E-state index is 13.7. The van der Waals surface area contributed by atoms with E-state index in [4.69, 9.17) is 99.5 Å². The lowest BCUT2D eigenvalue weighted by molar-refractivity contribution is -0.413. The van der Waals surface area contributed by atoms with E-state index in [1.54, 1.807) is 0 Å². The number of rotatable bonds is 36. The molecule has 55 atom stereocenters. The van der Waals surface area contributed by atoms with Crippen molar-refractivity contribution < 1.29 is 277 Å². The molecule has 0 aromatic heterocycles. The Morgan fingerprint density at radius 2 is 0.423 bits per heavy atom. The molecule has 11 fully saturated rings. The molecule has 0 saturated carbocycles. The summed E-state index contributed by atoms with van der Waals surface area (Å²) in [6, 6.07) is -10.1. The first-order chi connectivity index (χ1) is 64.8. The average Bonchev–Trinajstić information content (AvgIpc) is 0.748. The highest BCUT2D eigenvalue weighted by Crippen LogP contribution is 2.43. The molecule has 11 aliphatic heterocycles. The van der Waals surface area contributed by atoms with Gasteiger partial charge in [-0.1, -0.05) is 0 Å². The zero-order valence-electron chi connectivity index (χ0n) is 73.6. The van der Waals surface area contributed by atoms with E-state index in [1.165, 1.54) is 0 Å². The van der Waals surface area contributed by atoms with Crippen LogP contribution in [0, 0.1) is 0 Å². The maximum Gasteiger partial charge on any atom is 0.217 e. The molecule has 11 aliphatic rings. The highest BCUT2D eigenvalue weighted by Gasteiger charge is 2.64. The third kappa shape index (κ3) is 25.2. The number of nitrogens with one attached hydrogen (secondary N) is 5. The molecule has 0 bridgehead atoms. The van der Waals surface area contributed by atoms with Gasteiger partial charge in [0.05, 0.1) is 72.7 Å². The Morgan fingerprint density at radius 1 is 0.190 bits per heavy atom. The molecule has 35 N–H and O–H groups in total. The Morgan fingerprint density at radius 3 is 0.803 bits per heavy atom. The van der Waals surface area contributed by atoms with E-state index >= 15 is 0 Å². The zero-order valence-corrected chi connectivity index (χ0v) is 73.6. The quantitative estimate of drug-likeness (QED) is 0.0277. The molecule has 792 valence electrons. The second kappa shape index (κ2) is 49.5. The van der Waals surface area contributed by atoms with Crippen molar-refractivity contribution in [3.63, 3.8) is 0 Å². The standard InChI is InChI=1S/C76H127N5O56/c1-17(91)77-33-46(104)58(27(11-87)119-66(33)116)130-69-36(80-20(4)94)47(105)60(29(13-89)125-69)133-75-57(115)64(136-76-65(55(113)61(30(14-90)127-76)131-67-34(78-18(2)92)44(102)38(96)22(6-82)120-67)137-70-37(81-21(5)95)48(106)59(28(12-88)126-70)132-73-53(111)50(108)41(99)25(9-85)123-73)62(134-68-35(79-19(3)93)45(103)39(97)23(7-83)121-68)32(129-75)16-118-72-56(114)63(135-74-54(112)51(109)42(100)26(10-86)124-74)43(101)31(128-72)15-117-71-52(110)49(107)40(98)24(8-84)122-71/h22-76,82-90,96-116H,6-16H2,1-5H3,(H,77,91)(H,78,92)(H,79,93)(H,80,94)(H,81,95)/t22-,23-,24-,25-,26-,27-,28-,29-,30-,31-,32-,33-,34-,35-,36-,37-,38-,39-,40-,41+,42-,43-,44-,45-,46-,47-,48-,49+,50+,51+,52+,53-,54+,55+,56+,57+,58-,59-,60-,61-,62-,63+,64-,65+,66+,67+,68+,69+,70+,71+,72+,73+,74-,75+,76-/m1/s1. The third-order valence-electron chi connectivity index (χ3n) is 25.0. The molecule has 0 aromatic carbocycles. The number of amides is 5. The third-order valence-corrected chi connectivity index (χ3v) is 25.0. The Labute approximate surface area is 775 Å². The van der Waals surface area contributed by atoms with Crippen LogP contribution in [0.2, 0.25) is 0 Å². The SMILES string of the molecule is CC(=O)N[C@@H]1[C@@H](O)[C@H](O[C@@H]2O[C@H](CO)[C@@H](O[C@@H]3O[C@H](CO[C@H]4O[C@H](CO[C@H]5O[C@H](CO)[C@@H](O)[C@H](O)[C@@H]5O)[C@@H](O)[C@H](O[C@H]5O[C@H](CO)[C@@H](O)[C@H](O)[C@@H]5O)[C@@H]4O)[C@@H](O[C@@H]4O[C@H](CO)[C@@H](O)[C@H](O)[C@H]4NC(C)=O)[C@H](O[C@H]4O[C@H](CO)[C@@H](O[C@@H]5O[C@H](CO)[C@@H](O)[C@H](O)[C@H]5NC(C)=O)[C@H](O)[C@@H]4O[C@@H]4O[C@H](CO)[C@@H](O[C@@H]5O[C@H](CO)[C@H](O)[C@H](O)[C@H]5O)[C@H](O)[C@H]4NC(C)=O)[C@@H]3O)[C@H](O)[C@H]2NC(C)=O)[C@@H](CO)O[C@@H]1O. The molecule has 137 heavy (non-hydrogen) atoms. The van der Waals surface area contributed by atoms with Gasteiger partial charge in [-0.25, -0.2) is 0 Å². The summed E-state index contributed by atoms with van der Waals surface area (Å²) >= 11 is 0. The van der Waals surface area contributed by atoms with Crippen LogP contribution >= 0.6 is 0 Å². The molecule has 0 aliphatic carbocycles. The predicted molar refractivity (Wildman–Crippen MR) is 420 cm³/mol. The van der Waals surface area contributed by atoms with Crippen molar-refractivity contribution >= 4 is 29.5 Å². The average molecular weight is 2010 g/mol. The maximum absolute atomic E-state index is 13.7. The normalized spacial score (nSPS) is 48.9. The van der Waals surface area contributed by atoms with Gasteiger partial charge < -0.3 is 279 Å². The highest BCUT2D eigenvalue weighted by molar-refractivity contribution is 5.75.